The standard InChI is InChI=1S/C24H28/c1-17-9-5-6-10-12-8-14-16-15-13-7-11(9)21(13,17)23(15)19(17,3)20(4)18(10,2)22(12,14)24(16,20)23/h9-16H,5-8H2,1-4H3. The van der Waals surface area contributed by atoms with Crippen LogP contribution in [-0.2, 0) is 0 Å². The van der Waals surface area contributed by atoms with E-state index in [-0.39, 0.29) is 0 Å². The Bertz CT molecular complexity index is 842. The Labute approximate surface area is 144 Å². The van der Waals surface area contributed by atoms with E-state index in [9.17, 15) is 0 Å². The third-order valence-corrected chi connectivity index (χ3v) is 17.2. The summed E-state index contributed by atoms with van der Waals surface area (Å²) >= 11 is 0. The van der Waals surface area contributed by atoms with Crippen molar-refractivity contribution in [3.63, 3.8) is 0 Å². The van der Waals surface area contributed by atoms with E-state index in [4.69, 9.17) is 0 Å². The molecule has 0 radical (unpaired) electrons. The fraction of sp³-hybridized carbons (Fsp3) is 1.00. The van der Waals surface area contributed by atoms with Crippen molar-refractivity contribution in [2.45, 2.75) is 53.4 Å². The zero-order valence-corrected chi connectivity index (χ0v) is 15.4. The Kier molecular flexibility index (Phi) is 0.882. The molecule has 0 heterocycles. The summed E-state index contributed by atoms with van der Waals surface area (Å²) < 4.78 is 0. The minimum Gasteiger partial charge on any atom is -0.0582 e. The molecule has 24 heavy (non-hydrogen) atoms. The fourth-order valence-corrected chi connectivity index (χ4v) is 18.8. The molecule has 0 nitrogen and oxygen atoms in total. The van der Waals surface area contributed by atoms with Crippen molar-refractivity contribution in [1.82, 2.24) is 0 Å². The second-order valence-electron chi connectivity index (χ2n) is 13.7. The molecule has 11 fully saturated rings. The summed E-state index contributed by atoms with van der Waals surface area (Å²) in [7, 11) is 0. The zero-order chi connectivity index (χ0) is 15.4. The summed E-state index contributed by atoms with van der Waals surface area (Å²) in [6.07, 6.45) is 6.65. The minimum absolute atomic E-state index is 0.760. The van der Waals surface area contributed by atoms with Crippen LogP contribution in [0.1, 0.15) is 53.4 Å². The second-order valence-corrected chi connectivity index (χ2v) is 13.7. The van der Waals surface area contributed by atoms with E-state index in [2.05, 4.69) is 27.7 Å². The summed E-state index contributed by atoms with van der Waals surface area (Å²) in [6, 6.07) is 0. The van der Waals surface area contributed by atoms with Gasteiger partial charge in [-0.15, -0.1) is 0 Å². The van der Waals surface area contributed by atoms with Gasteiger partial charge in [0, 0.05) is 0 Å². The molecule has 0 aliphatic heterocycles. The number of hydrogen-bond acceptors (Lipinski definition) is 0. The van der Waals surface area contributed by atoms with Gasteiger partial charge in [0.25, 0.3) is 0 Å². The third kappa shape index (κ3) is 0.332. The molecule has 0 aromatic heterocycles. The van der Waals surface area contributed by atoms with Crippen LogP contribution in [-0.4, -0.2) is 0 Å². The van der Waals surface area contributed by atoms with Crippen LogP contribution in [0.25, 0.3) is 0 Å². The summed E-state index contributed by atoms with van der Waals surface area (Å²) in [4.78, 5) is 0. The lowest BCUT2D eigenvalue weighted by molar-refractivity contribution is -0.868. The van der Waals surface area contributed by atoms with Gasteiger partial charge in [0.05, 0.1) is 0 Å². The maximum absolute atomic E-state index is 2.89. The average molecular weight is 316 g/mol. The molecule has 124 valence electrons. The Morgan fingerprint density at radius 1 is 0.542 bits per heavy atom. The molecule has 4 spiro atoms. The fourth-order valence-electron chi connectivity index (χ4n) is 18.8. The van der Waals surface area contributed by atoms with Crippen molar-refractivity contribution in [1.29, 1.82) is 0 Å². The van der Waals surface area contributed by atoms with Crippen molar-refractivity contribution < 1.29 is 0 Å². The first-order valence-corrected chi connectivity index (χ1v) is 11.4. The van der Waals surface area contributed by atoms with E-state index >= 15 is 0 Å². The molecular weight excluding hydrogens is 288 g/mol. The molecule has 11 aliphatic rings. The van der Waals surface area contributed by atoms with E-state index in [1.165, 1.54) is 35.5 Å². The number of fused-ring (bicyclic) bond motifs is 5. The Morgan fingerprint density at radius 2 is 0.958 bits per heavy atom. The van der Waals surface area contributed by atoms with Gasteiger partial charge in [-0.05, 0) is 116 Å². The Morgan fingerprint density at radius 3 is 1.38 bits per heavy atom. The van der Waals surface area contributed by atoms with Gasteiger partial charge in [-0.3, -0.25) is 0 Å². The van der Waals surface area contributed by atoms with E-state index in [1.54, 1.807) is 25.7 Å². The molecule has 11 rings (SSSR count). The van der Waals surface area contributed by atoms with Crippen LogP contribution in [0, 0.1) is 90.7 Å². The summed E-state index contributed by atoms with van der Waals surface area (Å²) in [5.41, 5.74) is 6.82. The van der Waals surface area contributed by atoms with Crippen LogP contribution in [0.4, 0.5) is 0 Å². The highest BCUT2D eigenvalue weighted by Gasteiger charge is 3.30. The normalized spacial score (nSPS) is 104. The molecule has 0 aromatic carbocycles. The van der Waals surface area contributed by atoms with Crippen molar-refractivity contribution in [2.24, 2.45) is 90.7 Å². The van der Waals surface area contributed by atoms with Crippen molar-refractivity contribution in [3.05, 3.63) is 0 Å². The van der Waals surface area contributed by atoms with Crippen LogP contribution in [0.15, 0.2) is 0 Å². The lowest BCUT2D eigenvalue weighted by atomic mass is 8.71. The average Bonchev–Trinajstić information content (AvgIpc) is 2.48. The van der Waals surface area contributed by atoms with E-state index in [0.717, 1.165) is 55.2 Å². The van der Waals surface area contributed by atoms with E-state index in [1.807, 2.05) is 0 Å². The highest BCUT2D eigenvalue weighted by atomic mass is 15.3. The van der Waals surface area contributed by atoms with Crippen LogP contribution in [0.2, 0.25) is 0 Å². The maximum atomic E-state index is 2.89. The topological polar surface area (TPSA) is 0 Å². The molecule has 0 N–H and O–H groups in total. The predicted molar refractivity (Wildman–Crippen MR) is 88.5 cm³/mol. The predicted octanol–water partition coefficient (Wildman–Crippen LogP) is 4.60. The maximum Gasteiger partial charge on any atom is -0.00602 e. The van der Waals surface area contributed by atoms with Gasteiger partial charge in [-0.25, -0.2) is 0 Å². The highest BCUT2D eigenvalue weighted by molar-refractivity contribution is 5.76. The molecule has 11 aliphatic carbocycles. The first-order valence-electron chi connectivity index (χ1n) is 11.4. The molecule has 16 atom stereocenters. The Hall–Kier alpha value is 0. The summed E-state index contributed by atoms with van der Waals surface area (Å²) in [6.45, 7) is 11.5. The molecule has 0 amide bonds. The molecule has 0 aromatic rings. The van der Waals surface area contributed by atoms with Gasteiger partial charge in [-0.2, -0.15) is 0 Å². The van der Waals surface area contributed by atoms with Gasteiger partial charge in [0.1, 0.15) is 0 Å². The molecular formula is C24H28. The quantitative estimate of drug-likeness (QED) is 0.613. The van der Waals surface area contributed by atoms with Crippen LogP contribution >= 0.6 is 0 Å². The van der Waals surface area contributed by atoms with Gasteiger partial charge >= 0.3 is 0 Å². The van der Waals surface area contributed by atoms with Crippen molar-refractivity contribution in [3.8, 4) is 0 Å². The van der Waals surface area contributed by atoms with Gasteiger partial charge < -0.3 is 0 Å². The lowest BCUT2D eigenvalue weighted by Gasteiger charge is -3.32. The number of hydrogen-bond donors (Lipinski definition) is 0. The zero-order valence-electron chi connectivity index (χ0n) is 15.4. The highest BCUT2D eigenvalue weighted by Crippen LogP contribution is 3.33. The largest absolute Gasteiger partial charge is 0.0582 e. The number of rotatable bonds is 0. The third-order valence-electron chi connectivity index (χ3n) is 17.2. The monoisotopic (exact) mass is 316 g/mol. The van der Waals surface area contributed by atoms with Gasteiger partial charge in [0.2, 0.25) is 0 Å². The molecule has 0 bridgehead atoms. The smallest absolute Gasteiger partial charge is 0.00602 e. The van der Waals surface area contributed by atoms with Crippen molar-refractivity contribution >= 4 is 0 Å². The lowest BCUT2D eigenvalue weighted by Crippen LogP contribution is -3.30. The minimum atomic E-state index is 0.760. The molecule has 11 saturated carbocycles. The summed E-state index contributed by atoms with van der Waals surface area (Å²) in [5.74, 6) is 9.70. The van der Waals surface area contributed by atoms with E-state index < -0.39 is 0 Å². The Balaban J connectivity index is 1.37. The van der Waals surface area contributed by atoms with Crippen molar-refractivity contribution in [2.75, 3.05) is 0 Å². The molecule has 0 heteroatoms. The molecule has 16 unspecified atom stereocenters. The van der Waals surface area contributed by atoms with Crippen LogP contribution in [0.5, 0.6) is 0 Å². The summed E-state index contributed by atoms with van der Waals surface area (Å²) in [5, 5.41) is 0. The van der Waals surface area contributed by atoms with Crippen LogP contribution in [0.3, 0.4) is 0 Å². The SMILES string of the molecule is CC12C3CCC4C5CC6C7C8C9CC3C91C81C2(C)C2(C)C4(C)C56C721. The van der Waals surface area contributed by atoms with Gasteiger partial charge in [-0.1, -0.05) is 27.7 Å². The second kappa shape index (κ2) is 1.93. The first-order chi connectivity index (χ1) is 11.4. The molecule has 0 saturated heterocycles. The first kappa shape index (κ1) is 11.0. The van der Waals surface area contributed by atoms with Gasteiger partial charge in [0.15, 0.2) is 0 Å². The van der Waals surface area contributed by atoms with E-state index in [0.29, 0.717) is 0 Å². The van der Waals surface area contributed by atoms with Crippen LogP contribution < -0.4 is 0 Å².